The van der Waals surface area contributed by atoms with Crippen LogP contribution in [0.5, 0.6) is 5.75 Å². The van der Waals surface area contributed by atoms with Gasteiger partial charge in [-0.3, -0.25) is 4.98 Å². The maximum Gasteiger partial charge on any atom is 0.240 e. The predicted molar refractivity (Wildman–Crippen MR) is 94.6 cm³/mol. The van der Waals surface area contributed by atoms with Gasteiger partial charge in [0, 0.05) is 12.7 Å². The molecular weight excluding hydrogens is 344 g/mol. The zero-order valence-corrected chi connectivity index (χ0v) is 14.6. The van der Waals surface area contributed by atoms with E-state index in [0.717, 1.165) is 16.1 Å². The Morgan fingerprint density at radius 1 is 1.12 bits per heavy atom. The van der Waals surface area contributed by atoms with Crippen LogP contribution in [0.3, 0.4) is 0 Å². The molecular formula is C17H16N2O3S2. The van der Waals surface area contributed by atoms with E-state index < -0.39 is 10.0 Å². The van der Waals surface area contributed by atoms with E-state index in [2.05, 4.69) is 9.71 Å². The number of nitrogens with one attached hydrogen (secondary N) is 1. The highest BCUT2D eigenvalue weighted by atomic mass is 32.2. The van der Waals surface area contributed by atoms with Crippen molar-refractivity contribution in [3.63, 3.8) is 0 Å². The number of hydrogen-bond donors (Lipinski definition) is 1. The third kappa shape index (κ3) is 3.64. The Hall–Kier alpha value is -2.22. The molecule has 0 spiro atoms. The van der Waals surface area contributed by atoms with Crippen LogP contribution in [0.2, 0.25) is 0 Å². The fourth-order valence-electron chi connectivity index (χ4n) is 2.23. The van der Waals surface area contributed by atoms with E-state index in [0.29, 0.717) is 5.75 Å². The number of hydrogen-bond acceptors (Lipinski definition) is 5. The van der Waals surface area contributed by atoms with Crippen molar-refractivity contribution in [2.24, 2.45) is 0 Å². The maximum atomic E-state index is 12.4. The molecule has 0 bridgehead atoms. The number of aromatic nitrogens is 1. The zero-order chi connectivity index (χ0) is 17.0. The number of ether oxygens (including phenoxy) is 1. The highest BCUT2D eigenvalue weighted by molar-refractivity contribution is 7.89. The van der Waals surface area contributed by atoms with Crippen molar-refractivity contribution in [1.29, 1.82) is 0 Å². The summed E-state index contributed by atoms with van der Waals surface area (Å²) in [5, 5.41) is 1.97. The number of nitrogens with zero attached hydrogens (tertiary/aromatic N) is 1. The van der Waals surface area contributed by atoms with Crippen molar-refractivity contribution in [2.45, 2.75) is 11.4 Å². The van der Waals surface area contributed by atoms with E-state index in [1.807, 2.05) is 23.6 Å². The highest BCUT2D eigenvalue weighted by Crippen LogP contribution is 2.26. The van der Waals surface area contributed by atoms with Gasteiger partial charge < -0.3 is 4.74 Å². The lowest BCUT2D eigenvalue weighted by Crippen LogP contribution is -2.23. The van der Waals surface area contributed by atoms with E-state index in [4.69, 9.17) is 4.74 Å². The van der Waals surface area contributed by atoms with Gasteiger partial charge in [0.25, 0.3) is 0 Å². The van der Waals surface area contributed by atoms with Gasteiger partial charge in [0.1, 0.15) is 5.75 Å². The van der Waals surface area contributed by atoms with Crippen LogP contribution >= 0.6 is 11.3 Å². The minimum atomic E-state index is -3.60. The van der Waals surface area contributed by atoms with E-state index in [-0.39, 0.29) is 11.4 Å². The molecule has 2 heterocycles. The summed E-state index contributed by atoms with van der Waals surface area (Å²) in [4.78, 5) is 5.58. The first kappa shape index (κ1) is 16.6. The first-order valence-corrected chi connectivity index (χ1v) is 9.58. The van der Waals surface area contributed by atoms with Crippen LogP contribution in [0, 0.1) is 0 Å². The molecule has 24 heavy (non-hydrogen) atoms. The Kier molecular flexibility index (Phi) is 4.94. The largest absolute Gasteiger partial charge is 0.497 e. The second-order valence-corrected chi connectivity index (χ2v) is 7.70. The lowest BCUT2D eigenvalue weighted by molar-refractivity contribution is 0.414. The van der Waals surface area contributed by atoms with Crippen LogP contribution in [0.25, 0.3) is 10.6 Å². The average Bonchev–Trinajstić information content (AvgIpc) is 3.15. The second-order valence-electron chi connectivity index (χ2n) is 4.99. The summed E-state index contributed by atoms with van der Waals surface area (Å²) in [6.45, 7) is 0.176. The van der Waals surface area contributed by atoms with Gasteiger partial charge in [0.2, 0.25) is 10.0 Å². The highest BCUT2D eigenvalue weighted by Gasteiger charge is 2.15. The van der Waals surface area contributed by atoms with E-state index in [9.17, 15) is 8.42 Å². The molecule has 0 saturated carbocycles. The molecule has 7 heteroatoms. The Balaban J connectivity index is 1.80. The monoisotopic (exact) mass is 360 g/mol. The molecule has 0 aliphatic rings. The number of methoxy groups -OCH3 is 1. The van der Waals surface area contributed by atoms with Crippen molar-refractivity contribution >= 4 is 21.4 Å². The Bertz CT molecular complexity index is 905. The molecule has 0 atom stereocenters. The molecule has 0 aliphatic heterocycles. The molecule has 1 aromatic carbocycles. The molecule has 0 radical (unpaired) electrons. The third-order valence-electron chi connectivity index (χ3n) is 3.47. The molecule has 3 rings (SSSR count). The van der Waals surface area contributed by atoms with Gasteiger partial charge >= 0.3 is 0 Å². The van der Waals surface area contributed by atoms with Gasteiger partial charge in [0.15, 0.2) is 0 Å². The minimum absolute atomic E-state index is 0.176. The average molecular weight is 360 g/mol. The van der Waals surface area contributed by atoms with Gasteiger partial charge in [-0.2, -0.15) is 0 Å². The molecule has 0 amide bonds. The summed E-state index contributed by atoms with van der Waals surface area (Å²) < 4.78 is 32.5. The van der Waals surface area contributed by atoms with Crippen molar-refractivity contribution in [3.05, 3.63) is 65.7 Å². The second kappa shape index (κ2) is 7.12. The minimum Gasteiger partial charge on any atom is -0.497 e. The van der Waals surface area contributed by atoms with E-state index >= 15 is 0 Å². The summed E-state index contributed by atoms with van der Waals surface area (Å²) in [5.41, 5.74) is 1.63. The molecule has 0 unspecified atom stereocenters. The topological polar surface area (TPSA) is 68.3 Å². The Morgan fingerprint density at radius 3 is 2.58 bits per heavy atom. The first-order chi connectivity index (χ1) is 11.6. The predicted octanol–water partition coefficient (Wildman–Crippen LogP) is 3.30. The summed E-state index contributed by atoms with van der Waals surface area (Å²) >= 11 is 1.57. The van der Waals surface area contributed by atoms with Gasteiger partial charge in [0.05, 0.1) is 22.6 Å². The molecule has 1 N–H and O–H groups in total. The quantitative estimate of drug-likeness (QED) is 0.732. The van der Waals surface area contributed by atoms with Crippen LogP contribution < -0.4 is 9.46 Å². The van der Waals surface area contributed by atoms with Crippen molar-refractivity contribution in [3.8, 4) is 16.3 Å². The van der Waals surface area contributed by atoms with Crippen LogP contribution in [0.1, 0.15) is 5.56 Å². The molecule has 2 aromatic heterocycles. The maximum absolute atomic E-state index is 12.4. The fourth-order valence-corrected chi connectivity index (χ4v) is 3.99. The molecule has 5 nitrogen and oxygen atoms in total. The Labute approximate surface area is 145 Å². The fraction of sp³-hybridized carbons (Fsp3) is 0.118. The number of rotatable bonds is 6. The molecule has 0 saturated heterocycles. The van der Waals surface area contributed by atoms with Gasteiger partial charge in [-0.1, -0.05) is 12.1 Å². The van der Waals surface area contributed by atoms with Gasteiger partial charge in [-0.25, -0.2) is 13.1 Å². The smallest absolute Gasteiger partial charge is 0.240 e. The van der Waals surface area contributed by atoms with Crippen molar-refractivity contribution < 1.29 is 13.2 Å². The Morgan fingerprint density at radius 2 is 1.92 bits per heavy atom. The standard InChI is InChI=1S/C17H16N2O3S2/c1-22-14-6-8-15(9-7-14)24(20,21)19-12-13-4-2-10-18-17(13)16-5-3-11-23-16/h2-11,19H,12H2,1H3. The zero-order valence-electron chi connectivity index (χ0n) is 13.0. The lowest BCUT2D eigenvalue weighted by atomic mass is 10.2. The lowest BCUT2D eigenvalue weighted by Gasteiger charge is -2.10. The van der Waals surface area contributed by atoms with Crippen molar-refractivity contribution in [1.82, 2.24) is 9.71 Å². The molecule has 0 fully saturated rings. The summed E-state index contributed by atoms with van der Waals surface area (Å²) in [5.74, 6) is 0.612. The molecule has 3 aromatic rings. The number of benzene rings is 1. The third-order valence-corrected chi connectivity index (χ3v) is 5.76. The van der Waals surface area contributed by atoms with E-state index in [1.54, 1.807) is 35.7 Å². The summed E-state index contributed by atoms with van der Waals surface area (Å²) in [7, 11) is -2.06. The summed E-state index contributed by atoms with van der Waals surface area (Å²) in [6, 6.07) is 13.9. The first-order valence-electron chi connectivity index (χ1n) is 7.21. The van der Waals surface area contributed by atoms with Crippen molar-refractivity contribution in [2.75, 3.05) is 7.11 Å². The van der Waals surface area contributed by atoms with E-state index in [1.165, 1.54) is 19.2 Å². The number of sulfonamides is 1. The van der Waals surface area contributed by atoms with Crippen LogP contribution in [-0.4, -0.2) is 20.5 Å². The van der Waals surface area contributed by atoms with Crippen LogP contribution in [0.4, 0.5) is 0 Å². The SMILES string of the molecule is COc1ccc(S(=O)(=O)NCc2cccnc2-c2cccs2)cc1. The normalized spacial score (nSPS) is 11.4. The number of thiophene rings is 1. The molecule has 0 aliphatic carbocycles. The van der Waals surface area contributed by atoms with Gasteiger partial charge in [-0.15, -0.1) is 11.3 Å². The van der Waals surface area contributed by atoms with Crippen LogP contribution in [0.15, 0.2) is 65.0 Å². The number of pyridine rings is 1. The van der Waals surface area contributed by atoms with Gasteiger partial charge in [-0.05, 0) is 47.3 Å². The van der Waals surface area contributed by atoms with Crippen LogP contribution in [-0.2, 0) is 16.6 Å². The molecule has 124 valence electrons. The summed E-state index contributed by atoms with van der Waals surface area (Å²) in [6.07, 6.45) is 1.70.